The number of rotatable bonds is 2. The molecule has 2 aliphatic heterocycles. The molecule has 6 heteroatoms. The lowest BCUT2D eigenvalue weighted by molar-refractivity contribution is -0.145. The van der Waals surface area contributed by atoms with E-state index in [1.165, 1.54) is 0 Å². The number of urea groups is 1. The van der Waals surface area contributed by atoms with Gasteiger partial charge in [-0.2, -0.15) is 11.8 Å². The standard InChI is InChI=1S/C14H24N2O3S/c1-3-11-9-15(7-8-20-11)14(19)16-6-4-5-10(2)12(16)13(17)18/h10-12H,3-9H2,1-2H3,(H,17,18). The maximum atomic E-state index is 12.7. The molecule has 2 aliphatic rings. The number of carboxylic acid groups (broad SMARTS) is 1. The number of carbonyl (C=O) groups is 2. The zero-order valence-electron chi connectivity index (χ0n) is 12.2. The lowest BCUT2D eigenvalue weighted by Gasteiger charge is -2.42. The molecule has 2 rings (SSSR count). The van der Waals surface area contributed by atoms with Crippen LogP contribution in [0.3, 0.4) is 0 Å². The molecule has 2 fully saturated rings. The summed E-state index contributed by atoms with van der Waals surface area (Å²) in [6, 6.07) is -0.742. The molecule has 3 unspecified atom stereocenters. The summed E-state index contributed by atoms with van der Waals surface area (Å²) in [4.78, 5) is 27.5. The molecule has 2 heterocycles. The van der Waals surface area contributed by atoms with Crippen LogP contribution in [0.2, 0.25) is 0 Å². The van der Waals surface area contributed by atoms with Crippen LogP contribution in [0.4, 0.5) is 4.79 Å². The van der Waals surface area contributed by atoms with Crippen LogP contribution in [-0.4, -0.2) is 63.6 Å². The van der Waals surface area contributed by atoms with E-state index in [9.17, 15) is 14.7 Å². The molecule has 5 nitrogen and oxygen atoms in total. The van der Waals surface area contributed by atoms with Crippen LogP contribution in [0.25, 0.3) is 0 Å². The minimum atomic E-state index is -0.871. The van der Waals surface area contributed by atoms with Gasteiger partial charge in [-0.3, -0.25) is 0 Å². The van der Waals surface area contributed by atoms with Gasteiger partial charge in [0, 0.05) is 30.6 Å². The van der Waals surface area contributed by atoms with Gasteiger partial charge in [0.2, 0.25) is 0 Å². The van der Waals surface area contributed by atoms with E-state index in [0.29, 0.717) is 11.8 Å². The third-order valence-corrected chi connectivity index (χ3v) is 5.67. The van der Waals surface area contributed by atoms with E-state index in [2.05, 4.69) is 6.92 Å². The Hall–Kier alpha value is -0.910. The predicted molar refractivity (Wildman–Crippen MR) is 80.0 cm³/mol. The van der Waals surface area contributed by atoms with Crippen LogP contribution in [0.5, 0.6) is 0 Å². The molecule has 0 spiro atoms. The number of thioether (sulfide) groups is 1. The summed E-state index contributed by atoms with van der Waals surface area (Å²) in [6.07, 6.45) is 2.83. The first-order valence-electron chi connectivity index (χ1n) is 7.44. The Labute approximate surface area is 124 Å². The highest BCUT2D eigenvalue weighted by molar-refractivity contribution is 8.00. The van der Waals surface area contributed by atoms with Gasteiger partial charge >= 0.3 is 12.0 Å². The molecule has 114 valence electrons. The smallest absolute Gasteiger partial charge is 0.326 e. The molecule has 20 heavy (non-hydrogen) atoms. The topological polar surface area (TPSA) is 60.9 Å². The van der Waals surface area contributed by atoms with Gasteiger partial charge in [0.05, 0.1) is 0 Å². The van der Waals surface area contributed by atoms with Crippen molar-refractivity contribution in [1.29, 1.82) is 0 Å². The Morgan fingerprint density at radius 2 is 2.10 bits per heavy atom. The van der Waals surface area contributed by atoms with Crippen LogP contribution in [-0.2, 0) is 4.79 Å². The Kier molecular flexibility index (Phi) is 5.18. The van der Waals surface area contributed by atoms with Crippen molar-refractivity contribution >= 4 is 23.8 Å². The van der Waals surface area contributed by atoms with E-state index in [0.717, 1.165) is 38.1 Å². The number of carboxylic acids is 1. The average Bonchev–Trinajstić information content (AvgIpc) is 2.45. The lowest BCUT2D eigenvalue weighted by Crippen LogP contribution is -2.57. The van der Waals surface area contributed by atoms with Crippen LogP contribution in [0.1, 0.15) is 33.1 Å². The monoisotopic (exact) mass is 300 g/mol. The van der Waals surface area contributed by atoms with E-state index in [1.807, 2.05) is 23.6 Å². The SMILES string of the molecule is CCC1CN(C(=O)N2CCCC(C)C2C(=O)O)CCS1. The number of nitrogens with zero attached hydrogens (tertiary/aromatic N) is 2. The molecule has 0 aliphatic carbocycles. The Morgan fingerprint density at radius 3 is 2.75 bits per heavy atom. The molecule has 2 amide bonds. The lowest BCUT2D eigenvalue weighted by atomic mass is 9.91. The molecule has 0 saturated carbocycles. The van der Waals surface area contributed by atoms with E-state index in [1.54, 1.807) is 4.90 Å². The Morgan fingerprint density at radius 1 is 1.35 bits per heavy atom. The summed E-state index contributed by atoms with van der Waals surface area (Å²) in [5.41, 5.74) is 0. The largest absolute Gasteiger partial charge is 0.480 e. The summed E-state index contributed by atoms with van der Waals surface area (Å²) in [6.45, 7) is 6.11. The maximum absolute atomic E-state index is 12.7. The van der Waals surface area contributed by atoms with Crippen molar-refractivity contribution in [2.75, 3.05) is 25.4 Å². The fourth-order valence-corrected chi connectivity index (χ4v) is 4.28. The first-order valence-corrected chi connectivity index (χ1v) is 8.49. The van der Waals surface area contributed by atoms with Gasteiger partial charge in [-0.25, -0.2) is 9.59 Å². The quantitative estimate of drug-likeness (QED) is 0.848. The first-order chi connectivity index (χ1) is 9.54. The third-order valence-electron chi connectivity index (χ3n) is 4.30. The Bertz CT molecular complexity index is 377. The van der Waals surface area contributed by atoms with Crippen LogP contribution < -0.4 is 0 Å². The molecule has 0 radical (unpaired) electrons. The summed E-state index contributed by atoms with van der Waals surface area (Å²) >= 11 is 1.91. The summed E-state index contributed by atoms with van der Waals surface area (Å²) < 4.78 is 0. The molecule has 0 bridgehead atoms. The first kappa shape index (κ1) is 15.5. The second-order valence-electron chi connectivity index (χ2n) is 5.73. The van der Waals surface area contributed by atoms with Gasteiger partial charge in [0.25, 0.3) is 0 Å². The number of likely N-dealkylation sites (tertiary alicyclic amines) is 1. The summed E-state index contributed by atoms with van der Waals surface area (Å²) in [5, 5.41) is 9.89. The van der Waals surface area contributed by atoms with Crippen molar-refractivity contribution < 1.29 is 14.7 Å². The molecule has 0 aromatic rings. The van der Waals surface area contributed by atoms with Gasteiger partial charge in [0.1, 0.15) is 6.04 Å². The highest BCUT2D eigenvalue weighted by Gasteiger charge is 2.39. The minimum Gasteiger partial charge on any atom is -0.480 e. The van der Waals surface area contributed by atoms with Crippen molar-refractivity contribution in [2.45, 2.75) is 44.4 Å². The Balaban J connectivity index is 2.07. The van der Waals surface area contributed by atoms with Crippen molar-refractivity contribution in [3.63, 3.8) is 0 Å². The number of amides is 2. The number of piperidine rings is 1. The maximum Gasteiger partial charge on any atom is 0.326 e. The normalized spacial score (nSPS) is 31.2. The minimum absolute atomic E-state index is 0.0336. The van der Waals surface area contributed by atoms with E-state index in [4.69, 9.17) is 0 Å². The molecular formula is C14H24N2O3S. The van der Waals surface area contributed by atoms with Gasteiger partial charge in [0.15, 0.2) is 0 Å². The highest BCUT2D eigenvalue weighted by Crippen LogP contribution is 2.27. The van der Waals surface area contributed by atoms with Crippen molar-refractivity contribution in [3.05, 3.63) is 0 Å². The van der Waals surface area contributed by atoms with Gasteiger partial charge in [-0.15, -0.1) is 0 Å². The fourth-order valence-electron chi connectivity index (χ4n) is 3.10. The molecule has 3 atom stereocenters. The van der Waals surface area contributed by atoms with Gasteiger partial charge in [-0.05, 0) is 25.2 Å². The van der Waals surface area contributed by atoms with E-state index >= 15 is 0 Å². The van der Waals surface area contributed by atoms with Crippen LogP contribution in [0, 0.1) is 5.92 Å². The van der Waals surface area contributed by atoms with Crippen molar-refractivity contribution in [3.8, 4) is 0 Å². The third kappa shape index (κ3) is 3.22. The number of aliphatic carboxylic acids is 1. The number of carbonyl (C=O) groups excluding carboxylic acids is 1. The van der Waals surface area contributed by atoms with Crippen LogP contribution in [0.15, 0.2) is 0 Å². The second-order valence-corrected chi connectivity index (χ2v) is 7.13. The summed E-state index contributed by atoms with van der Waals surface area (Å²) in [5.74, 6) is 0.112. The molecule has 0 aromatic heterocycles. The number of hydrogen-bond donors (Lipinski definition) is 1. The molecule has 1 N–H and O–H groups in total. The number of hydrogen-bond acceptors (Lipinski definition) is 3. The zero-order valence-corrected chi connectivity index (χ0v) is 13.1. The highest BCUT2D eigenvalue weighted by atomic mass is 32.2. The summed E-state index contributed by atoms with van der Waals surface area (Å²) in [7, 11) is 0. The average molecular weight is 300 g/mol. The van der Waals surface area contributed by atoms with Crippen molar-refractivity contribution in [1.82, 2.24) is 9.80 Å². The molecule has 2 saturated heterocycles. The van der Waals surface area contributed by atoms with E-state index < -0.39 is 12.0 Å². The second kappa shape index (κ2) is 6.70. The van der Waals surface area contributed by atoms with E-state index in [-0.39, 0.29) is 11.9 Å². The predicted octanol–water partition coefficient (Wildman–Crippen LogP) is 2.12. The zero-order chi connectivity index (χ0) is 14.7. The van der Waals surface area contributed by atoms with Crippen molar-refractivity contribution in [2.24, 2.45) is 5.92 Å². The molecule has 0 aromatic carbocycles. The van der Waals surface area contributed by atoms with Gasteiger partial charge < -0.3 is 14.9 Å². The van der Waals surface area contributed by atoms with Crippen LogP contribution >= 0.6 is 11.8 Å². The van der Waals surface area contributed by atoms with Gasteiger partial charge in [-0.1, -0.05) is 13.8 Å². The molecular weight excluding hydrogens is 276 g/mol. The fraction of sp³-hybridized carbons (Fsp3) is 0.857.